The van der Waals surface area contributed by atoms with Gasteiger partial charge in [-0.15, -0.1) is 8.78 Å². The van der Waals surface area contributed by atoms with E-state index in [0.29, 0.717) is 6.29 Å². The van der Waals surface area contributed by atoms with E-state index in [1.54, 1.807) is 0 Å². The first-order valence-electron chi connectivity index (χ1n) is 3.57. The summed E-state index contributed by atoms with van der Waals surface area (Å²) in [6.45, 7) is 0. The molecule has 0 saturated carbocycles. The van der Waals surface area contributed by atoms with Crippen molar-refractivity contribution in [2.75, 3.05) is 0 Å². The number of hydrogen-bond donors (Lipinski definition) is 0. The van der Waals surface area contributed by atoms with Gasteiger partial charge in [-0.1, -0.05) is 11.6 Å². The number of carbonyl (C=O) groups is 1. The number of aldehydes is 1. The van der Waals surface area contributed by atoms with Gasteiger partial charge in [0.2, 0.25) is 0 Å². The molecule has 1 aromatic rings. The molecule has 0 radical (unpaired) electrons. The van der Waals surface area contributed by atoms with E-state index in [4.69, 9.17) is 11.6 Å². The van der Waals surface area contributed by atoms with Crippen LogP contribution in [0.1, 0.15) is 10.4 Å². The molecule has 0 fully saturated rings. The minimum atomic E-state index is -3.73. The SMILES string of the molecule is O=Cc1c(Cl)ccc2c1OC(F)(F)O2. The second-order valence-corrected chi connectivity index (χ2v) is 2.98. The van der Waals surface area contributed by atoms with E-state index in [-0.39, 0.29) is 22.1 Å². The van der Waals surface area contributed by atoms with Crippen LogP contribution in [0.4, 0.5) is 8.78 Å². The van der Waals surface area contributed by atoms with Crippen LogP contribution < -0.4 is 9.47 Å². The van der Waals surface area contributed by atoms with Crippen LogP contribution >= 0.6 is 11.6 Å². The van der Waals surface area contributed by atoms with Crippen LogP contribution in [0.2, 0.25) is 5.02 Å². The summed E-state index contributed by atoms with van der Waals surface area (Å²) in [6, 6.07) is 2.50. The molecule has 0 spiro atoms. The summed E-state index contributed by atoms with van der Waals surface area (Å²) in [4.78, 5) is 10.5. The molecule has 2 rings (SSSR count). The predicted octanol–water partition coefficient (Wildman–Crippen LogP) is 2.47. The summed E-state index contributed by atoms with van der Waals surface area (Å²) in [6.07, 6.45) is -3.39. The van der Waals surface area contributed by atoms with Gasteiger partial charge in [-0.3, -0.25) is 4.79 Å². The molecule has 3 nitrogen and oxygen atoms in total. The molecule has 0 saturated heterocycles. The number of alkyl halides is 2. The van der Waals surface area contributed by atoms with Crippen molar-refractivity contribution in [1.29, 1.82) is 0 Å². The lowest BCUT2D eigenvalue weighted by Crippen LogP contribution is -2.26. The lowest BCUT2D eigenvalue weighted by Gasteiger charge is -2.04. The van der Waals surface area contributed by atoms with E-state index < -0.39 is 6.29 Å². The van der Waals surface area contributed by atoms with E-state index in [1.165, 1.54) is 12.1 Å². The number of benzene rings is 1. The van der Waals surface area contributed by atoms with Crippen LogP contribution in [0.25, 0.3) is 0 Å². The van der Waals surface area contributed by atoms with Crippen molar-refractivity contribution in [3.05, 3.63) is 22.7 Å². The highest BCUT2D eigenvalue weighted by Gasteiger charge is 2.44. The highest BCUT2D eigenvalue weighted by molar-refractivity contribution is 6.33. The Labute approximate surface area is 82.2 Å². The Morgan fingerprint density at radius 3 is 2.71 bits per heavy atom. The van der Waals surface area contributed by atoms with Crippen LogP contribution in [0, 0.1) is 0 Å². The summed E-state index contributed by atoms with van der Waals surface area (Å²) < 4.78 is 33.4. The van der Waals surface area contributed by atoms with Crippen molar-refractivity contribution in [2.45, 2.75) is 6.29 Å². The minimum Gasteiger partial charge on any atom is -0.395 e. The van der Waals surface area contributed by atoms with Gasteiger partial charge >= 0.3 is 6.29 Å². The molecule has 0 unspecified atom stereocenters. The van der Waals surface area contributed by atoms with Crippen molar-refractivity contribution in [3.8, 4) is 11.5 Å². The third-order valence-corrected chi connectivity index (χ3v) is 2.00. The van der Waals surface area contributed by atoms with Gasteiger partial charge in [-0.05, 0) is 12.1 Å². The zero-order valence-corrected chi connectivity index (χ0v) is 7.35. The van der Waals surface area contributed by atoms with E-state index in [0.717, 1.165) is 0 Å². The van der Waals surface area contributed by atoms with Crippen LogP contribution in [-0.2, 0) is 0 Å². The van der Waals surface area contributed by atoms with Gasteiger partial charge in [0, 0.05) is 0 Å². The number of hydrogen-bond acceptors (Lipinski definition) is 3. The normalized spacial score (nSPS) is 16.8. The van der Waals surface area contributed by atoms with Gasteiger partial charge in [0.15, 0.2) is 17.8 Å². The molecule has 0 N–H and O–H groups in total. The van der Waals surface area contributed by atoms with Gasteiger partial charge < -0.3 is 9.47 Å². The number of ether oxygens (including phenoxy) is 2. The number of rotatable bonds is 1. The summed E-state index contributed by atoms with van der Waals surface area (Å²) in [5, 5.41) is 0.0417. The van der Waals surface area contributed by atoms with Crippen molar-refractivity contribution in [1.82, 2.24) is 0 Å². The third kappa shape index (κ3) is 1.29. The van der Waals surface area contributed by atoms with E-state index >= 15 is 0 Å². The zero-order chi connectivity index (χ0) is 10.3. The Morgan fingerprint density at radius 2 is 2.07 bits per heavy atom. The molecular formula is C8H3ClF2O3. The Morgan fingerprint density at radius 1 is 1.36 bits per heavy atom. The molecule has 6 heteroatoms. The van der Waals surface area contributed by atoms with Crippen molar-refractivity contribution < 1.29 is 23.0 Å². The summed E-state index contributed by atoms with van der Waals surface area (Å²) in [7, 11) is 0. The molecule has 14 heavy (non-hydrogen) atoms. The first-order valence-corrected chi connectivity index (χ1v) is 3.95. The van der Waals surface area contributed by atoms with Crippen LogP contribution in [0.15, 0.2) is 12.1 Å². The van der Waals surface area contributed by atoms with Crippen molar-refractivity contribution in [3.63, 3.8) is 0 Å². The monoisotopic (exact) mass is 220 g/mol. The lowest BCUT2D eigenvalue weighted by molar-refractivity contribution is -0.286. The molecule has 0 bridgehead atoms. The molecule has 0 amide bonds. The molecular weight excluding hydrogens is 218 g/mol. The predicted molar refractivity (Wildman–Crippen MR) is 43.0 cm³/mol. The quantitative estimate of drug-likeness (QED) is 0.682. The fourth-order valence-corrected chi connectivity index (χ4v) is 1.31. The smallest absolute Gasteiger partial charge is 0.395 e. The average Bonchev–Trinajstić information content (AvgIpc) is 2.39. The first-order chi connectivity index (χ1) is 6.53. The third-order valence-electron chi connectivity index (χ3n) is 1.67. The molecule has 0 aromatic heterocycles. The number of halogens is 3. The van der Waals surface area contributed by atoms with Gasteiger partial charge in [0.1, 0.15) is 0 Å². The second-order valence-electron chi connectivity index (χ2n) is 2.57. The highest BCUT2D eigenvalue weighted by atomic mass is 35.5. The van der Waals surface area contributed by atoms with Crippen molar-refractivity contribution in [2.24, 2.45) is 0 Å². The largest absolute Gasteiger partial charge is 0.586 e. The molecule has 1 aromatic carbocycles. The minimum absolute atomic E-state index is 0.0417. The first kappa shape index (κ1) is 9.21. The molecule has 1 heterocycles. The Bertz CT molecular complexity index is 406. The van der Waals surface area contributed by atoms with E-state index in [1.807, 2.05) is 0 Å². The zero-order valence-electron chi connectivity index (χ0n) is 6.59. The summed E-state index contributed by atoms with van der Waals surface area (Å²) in [5.41, 5.74) is -0.138. The molecule has 0 atom stereocenters. The van der Waals surface area contributed by atoms with Crippen LogP contribution in [0.3, 0.4) is 0 Å². The Balaban J connectivity index is 2.57. The maximum absolute atomic E-state index is 12.6. The topological polar surface area (TPSA) is 35.5 Å². The molecule has 1 aliphatic heterocycles. The standard InChI is InChI=1S/C8H3ClF2O3/c9-5-1-2-6-7(4(5)3-12)14-8(10,11)13-6/h1-3H. The molecule has 74 valence electrons. The molecule has 1 aliphatic rings. The average molecular weight is 221 g/mol. The fraction of sp³-hybridized carbons (Fsp3) is 0.125. The Kier molecular flexibility index (Phi) is 1.85. The lowest BCUT2D eigenvalue weighted by atomic mass is 10.2. The fourth-order valence-electron chi connectivity index (χ4n) is 1.12. The number of carbonyl (C=O) groups excluding carboxylic acids is 1. The van der Waals surface area contributed by atoms with E-state index in [9.17, 15) is 13.6 Å². The van der Waals surface area contributed by atoms with Gasteiger partial charge in [-0.25, -0.2) is 0 Å². The highest BCUT2D eigenvalue weighted by Crippen LogP contribution is 2.44. The molecule has 0 aliphatic carbocycles. The van der Waals surface area contributed by atoms with E-state index in [2.05, 4.69) is 9.47 Å². The van der Waals surface area contributed by atoms with Gasteiger partial charge in [-0.2, -0.15) is 0 Å². The summed E-state index contributed by atoms with van der Waals surface area (Å²) in [5.74, 6) is -0.515. The Hall–Kier alpha value is -1.36. The maximum atomic E-state index is 12.6. The van der Waals surface area contributed by atoms with Crippen LogP contribution in [0.5, 0.6) is 11.5 Å². The number of fused-ring (bicyclic) bond motifs is 1. The van der Waals surface area contributed by atoms with Gasteiger partial charge in [0.05, 0.1) is 10.6 Å². The van der Waals surface area contributed by atoms with Crippen molar-refractivity contribution >= 4 is 17.9 Å². The summed E-state index contributed by atoms with van der Waals surface area (Å²) >= 11 is 5.59. The van der Waals surface area contributed by atoms with Gasteiger partial charge in [0.25, 0.3) is 0 Å². The maximum Gasteiger partial charge on any atom is 0.586 e. The second kappa shape index (κ2) is 2.81. The van der Waals surface area contributed by atoms with Crippen LogP contribution in [-0.4, -0.2) is 12.6 Å².